The summed E-state index contributed by atoms with van der Waals surface area (Å²) in [5.41, 5.74) is 1.77. The normalized spacial score (nSPS) is 24.3. The van der Waals surface area contributed by atoms with Gasteiger partial charge in [0.15, 0.2) is 0 Å². The van der Waals surface area contributed by atoms with Crippen molar-refractivity contribution in [2.24, 2.45) is 5.92 Å². The van der Waals surface area contributed by atoms with Gasteiger partial charge in [-0.2, -0.15) is 0 Å². The second kappa shape index (κ2) is 6.75. The molecule has 124 valence electrons. The van der Waals surface area contributed by atoms with Crippen LogP contribution in [0.15, 0.2) is 30.9 Å². The summed E-state index contributed by atoms with van der Waals surface area (Å²) < 4.78 is 5.38. The van der Waals surface area contributed by atoms with E-state index in [1.54, 1.807) is 7.11 Å². The lowest BCUT2D eigenvalue weighted by Crippen LogP contribution is -2.41. The molecule has 3 aliphatic rings. The van der Waals surface area contributed by atoms with Crippen LogP contribution in [-0.4, -0.2) is 55.5 Å². The largest absolute Gasteiger partial charge is 0.496 e. The zero-order valence-corrected chi connectivity index (χ0v) is 14.1. The highest BCUT2D eigenvalue weighted by molar-refractivity contribution is 5.94. The molecule has 0 aliphatic carbocycles. The molecule has 3 heterocycles. The number of likely N-dealkylation sites (N-methyl/N-ethyl adjacent to an activating group) is 1. The zero-order chi connectivity index (χ0) is 16.4. The molecule has 2 bridgehead atoms. The van der Waals surface area contributed by atoms with E-state index in [4.69, 9.17) is 4.74 Å². The lowest BCUT2D eigenvalue weighted by Gasteiger charge is -2.32. The molecule has 0 spiro atoms. The first-order chi connectivity index (χ1) is 11.1. The minimum absolute atomic E-state index is 0.144. The number of methoxy groups -OCH3 is 1. The third-order valence-corrected chi connectivity index (χ3v) is 5.17. The Labute approximate surface area is 138 Å². The Morgan fingerprint density at radius 1 is 1.35 bits per heavy atom. The van der Waals surface area contributed by atoms with Crippen molar-refractivity contribution >= 4 is 5.91 Å². The van der Waals surface area contributed by atoms with Crippen LogP contribution in [0.5, 0.6) is 5.75 Å². The van der Waals surface area contributed by atoms with Gasteiger partial charge in [-0.25, -0.2) is 0 Å². The van der Waals surface area contributed by atoms with Crippen LogP contribution in [0.4, 0.5) is 0 Å². The molecule has 4 rings (SSSR count). The van der Waals surface area contributed by atoms with Crippen molar-refractivity contribution in [3.05, 3.63) is 42.0 Å². The first-order valence-corrected chi connectivity index (χ1v) is 8.39. The van der Waals surface area contributed by atoms with E-state index in [2.05, 4.69) is 18.5 Å². The molecule has 0 unspecified atom stereocenters. The molecule has 1 aromatic rings. The van der Waals surface area contributed by atoms with Crippen molar-refractivity contribution in [1.82, 2.24) is 9.80 Å². The Morgan fingerprint density at radius 3 is 2.87 bits per heavy atom. The topological polar surface area (TPSA) is 32.8 Å². The number of benzene rings is 1. The SMILES string of the molecule is C=CCc1cc(C(=O)N2C[C@H]3CC[C@@H](C2)N(C)C3)ccc1OC. The van der Waals surface area contributed by atoms with E-state index in [9.17, 15) is 4.79 Å². The minimum Gasteiger partial charge on any atom is -0.496 e. The number of fused-ring (bicyclic) bond motifs is 4. The maximum atomic E-state index is 13.0. The summed E-state index contributed by atoms with van der Waals surface area (Å²) in [6.07, 6.45) is 4.99. The summed E-state index contributed by atoms with van der Waals surface area (Å²) in [5.74, 6) is 1.57. The fraction of sp³-hybridized carbons (Fsp3) is 0.526. The maximum Gasteiger partial charge on any atom is 0.253 e. The van der Waals surface area contributed by atoms with Crippen LogP contribution < -0.4 is 4.74 Å². The van der Waals surface area contributed by atoms with Gasteiger partial charge in [0.1, 0.15) is 5.75 Å². The average molecular weight is 314 g/mol. The molecule has 23 heavy (non-hydrogen) atoms. The molecular weight excluding hydrogens is 288 g/mol. The quantitative estimate of drug-likeness (QED) is 0.801. The molecule has 0 saturated carbocycles. The van der Waals surface area contributed by atoms with Crippen LogP contribution in [0.2, 0.25) is 0 Å². The Bertz CT molecular complexity index is 599. The smallest absolute Gasteiger partial charge is 0.253 e. The number of hydrogen-bond acceptors (Lipinski definition) is 3. The van der Waals surface area contributed by atoms with Gasteiger partial charge in [-0.05, 0) is 56.0 Å². The van der Waals surface area contributed by atoms with E-state index in [0.29, 0.717) is 18.4 Å². The first-order valence-electron chi connectivity index (χ1n) is 8.39. The monoisotopic (exact) mass is 314 g/mol. The second-order valence-corrected chi connectivity index (χ2v) is 6.77. The number of piperidine rings is 1. The van der Waals surface area contributed by atoms with Crippen LogP contribution in [0.3, 0.4) is 0 Å². The number of nitrogens with zero attached hydrogens (tertiary/aromatic N) is 2. The fourth-order valence-electron chi connectivity index (χ4n) is 3.89. The Morgan fingerprint density at radius 2 is 2.17 bits per heavy atom. The Kier molecular flexibility index (Phi) is 4.71. The zero-order valence-electron chi connectivity index (χ0n) is 14.1. The molecule has 4 nitrogen and oxygen atoms in total. The number of amides is 1. The number of allylic oxidation sites excluding steroid dienone is 1. The summed E-state index contributed by atoms with van der Waals surface area (Å²) in [5, 5.41) is 0. The first kappa shape index (κ1) is 16.1. The summed E-state index contributed by atoms with van der Waals surface area (Å²) in [7, 11) is 3.84. The highest BCUT2D eigenvalue weighted by atomic mass is 16.5. The third-order valence-electron chi connectivity index (χ3n) is 5.17. The molecule has 3 saturated heterocycles. The standard InChI is InChI=1S/C19H26N2O2/c1-4-5-15-10-16(7-9-18(15)23-3)19(22)21-12-14-6-8-17(13-21)20(2)11-14/h4,7,9-10,14,17H,1,5-6,8,11-13H2,2-3H3/t14-,17-/m0/s1. The lowest BCUT2D eigenvalue weighted by molar-refractivity contribution is 0.0742. The van der Waals surface area contributed by atoms with Gasteiger partial charge in [-0.1, -0.05) is 6.08 Å². The van der Waals surface area contributed by atoms with E-state index in [1.165, 1.54) is 12.8 Å². The number of carbonyl (C=O) groups excluding carboxylic acids is 1. The van der Waals surface area contributed by atoms with Gasteiger partial charge >= 0.3 is 0 Å². The summed E-state index contributed by atoms with van der Waals surface area (Å²) in [4.78, 5) is 17.4. The highest BCUT2D eigenvalue weighted by Crippen LogP contribution is 2.28. The average Bonchev–Trinajstić information content (AvgIpc) is 2.85. The van der Waals surface area contributed by atoms with Gasteiger partial charge in [0.05, 0.1) is 7.11 Å². The molecule has 1 aromatic carbocycles. The predicted molar refractivity (Wildman–Crippen MR) is 91.9 cm³/mol. The number of hydrogen-bond donors (Lipinski definition) is 0. The summed E-state index contributed by atoms with van der Waals surface area (Å²) >= 11 is 0. The van der Waals surface area contributed by atoms with Gasteiger partial charge in [0.25, 0.3) is 5.91 Å². The molecule has 3 fully saturated rings. The summed E-state index contributed by atoms with van der Waals surface area (Å²) in [6.45, 7) is 6.62. The molecule has 2 atom stereocenters. The molecule has 0 N–H and O–H groups in total. The van der Waals surface area contributed by atoms with Crippen LogP contribution >= 0.6 is 0 Å². The number of ether oxygens (including phenoxy) is 1. The lowest BCUT2D eigenvalue weighted by atomic mass is 9.96. The summed E-state index contributed by atoms with van der Waals surface area (Å²) in [6, 6.07) is 6.23. The van der Waals surface area contributed by atoms with Gasteiger partial charge in [0.2, 0.25) is 0 Å². The van der Waals surface area contributed by atoms with Crippen molar-refractivity contribution in [3.8, 4) is 5.75 Å². The molecule has 3 aliphatic heterocycles. The van der Waals surface area contributed by atoms with Crippen molar-refractivity contribution in [3.63, 3.8) is 0 Å². The molecule has 1 amide bonds. The number of rotatable bonds is 4. The third kappa shape index (κ3) is 3.27. The van der Waals surface area contributed by atoms with Gasteiger partial charge < -0.3 is 14.5 Å². The van der Waals surface area contributed by atoms with Crippen molar-refractivity contribution in [2.45, 2.75) is 25.3 Å². The maximum absolute atomic E-state index is 13.0. The molecular formula is C19H26N2O2. The fourth-order valence-corrected chi connectivity index (χ4v) is 3.89. The van der Waals surface area contributed by atoms with E-state index in [-0.39, 0.29) is 5.91 Å². The Hall–Kier alpha value is -1.81. The predicted octanol–water partition coefficient (Wildman–Crippen LogP) is 2.59. The van der Waals surface area contributed by atoms with Crippen molar-refractivity contribution < 1.29 is 9.53 Å². The van der Waals surface area contributed by atoms with Crippen molar-refractivity contribution in [2.75, 3.05) is 33.8 Å². The van der Waals surface area contributed by atoms with Crippen molar-refractivity contribution in [1.29, 1.82) is 0 Å². The van der Waals surface area contributed by atoms with E-state index >= 15 is 0 Å². The molecule has 0 radical (unpaired) electrons. The van der Waals surface area contributed by atoms with Gasteiger partial charge in [-0.3, -0.25) is 4.79 Å². The van der Waals surface area contributed by atoms with Crippen LogP contribution in [0.25, 0.3) is 0 Å². The van der Waals surface area contributed by atoms with Crippen LogP contribution in [0.1, 0.15) is 28.8 Å². The van der Waals surface area contributed by atoms with E-state index in [0.717, 1.165) is 36.5 Å². The van der Waals surface area contributed by atoms with Crippen LogP contribution in [-0.2, 0) is 6.42 Å². The van der Waals surface area contributed by atoms with E-state index in [1.807, 2.05) is 29.2 Å². The van der Waals surface area contributed by atoms with E-state index < -0.39 is 0 Å². The van der Waals surface area contributed by atoms with Gasteiger partial charge in [-0.15, -0.1) is 6.58 Å². The Balaban J connectivity index is 1.82. The highest BCUT2D eigenvalue weighted by Gasteiger charge is 2.34. The molecule has 4 heteroatoms. The van der Waals surface area contributed by atoms with Crippen LogP contribution in [0, 0.1) is 5.92 Å². The number of carbonyl (C=O) groups is 1. The molecule has 0 aromatic heterocycles. The van der Waals surface area contributed by atoms with Gasteiger partial charge in [0, 0.05) is 31.2 Å². The minimum atomic E-state index is 0.144. The second-order valence-electron chi connectivity index (χ2n) is 6.77.